The van der Waals surface area contributed by atoms with Crippen molar-refractivity contribution in [1.82, 2.24) is 0 Å². The minimum Gasteiger partial charge on any atom is -0.478 e. The van der Waals surface area contributed by atoms with E-state index in [4.69, 9.17) is 14.4 Å². The summed E-state index contributed by atoms with van der Waals surface area (Å²) in [7, 11) is 1.43. The molecule has 0 atom stereocenters. The maximum absolute atomic E-state index is 8.21. The lowest BCUT2D eigenvalue weighted by atomic mass is 10.4. The molecule has 1 aromatic heterocycles. The van der Waals surface area contributed by atoms with Gasteiger partial charge in [-0.2, -0.15) is 5.26 Å². The highest BCUT2D eigenvalue weighted by Crippen LogP contribution is 2.02. The number of hydrogen-bond donors (Lipinski definition) is 0. The fourth-order valence-corrected chi connectivity index (χ4v) is 0.647. The molecule has 1 rings (SSSR count). The summed E-state index contributed by atoms with van der Waals surface area (Å²) in [4.78, 5) is 3.39. The van der Waals surface area contributed by atoms with Crippen molar-refractivity contribution in [2.45, 2.75) is 0 Å². The molecule has 0 spiro atoms. The summed E-state index contributed by atoms with van der Waals surface area (Å²) in [6, 6.07) is 3.36. The van der Waals surface area contributed by atoms with Crippen LogP contribution in [0.15, 0.2) is 27.8 Å². The number of aliphatic imine (C=N–C) groups is 1. The summed E-state index contributed by atoms with van der Waals surface area (Å²) in [6.45, 7) is 0. The molecule has 0 saturated heterocycles. The molecule has 56 valence electrons. The van der Waals surface area contributed by atoms with Crippen LogP contribution in [-0.4, -0.2) is 13.0 Å². The van der Waals surface area contributed by atoms with Gasteiger partial charge in [0.05, 0.1) is 13.4 Å². The van der Waals surface area contributed by atoms with Crippen LogP contribution >= 0.6 is 0 Å². The molecule has 0 unspecified atom stereocenters. The fourth-order valence-electron chi connectivity index (χ4n) is 0.647. The Morgan fingerprint density at radius 1 is 1.82 bits per heavy atom. The Bertz CT molecular complexity index is 282. The normalized spacial score (nSPS) is 10.7. The van der Waals surface area contributed by atoms with Gasteiger partial charge in [-0.25, -0.2) is 0 Å². The molecule has 11 heavy (non-hydrogen) atoms. The van der Waals surface area contributed by atoms with Gasteiger partial charge in [-0.3, -0.25) is 0 Å². The third-order valence-electron chi connectivity index (χ3n) is 1.08. The first-order valence-corrected chi connectivity index (χ1v) is 2.93. The Balaban J connectivity index is 2.91. The first-order valence-electron chi connectivity index (χ1n) is 2.93. The zero-order valence-electron chi connectivity index (χ0n) is 5.94. The van der Waals surface area contributed by atoms with E-state index in [1.165, 1.54) is 13.4 Å². The van der Waals surface area contributed by atoms with E-state index in [-0.39, 0.29) is 5.90 Å². The fraction of sp³-hybridized carbons (Fsp3) is 0.143. The van der Waals surface area contributed by atoms with Gasteiger partial charge in [-0.05, 0) is 12.1 Å². The van der Waals surface area contributed by atoms with Crippen molar-refractivity contribution < 1.29 is 9.15 Å². The average molecular weight is 150 g/mol. The van der Waals surface area contributed by atoms with E-state index in [1.54, 1.807) is 18.3 Å². The van der Waals surface area contributed by atoms with E-state index >= 15 is 0 Å². The monoisotopic (exact) mass is 150 g/mol. The third-order valence-corrected chi connectivity index (χ3v) is 1.08. The largest absolute Gasteiger partial charge is 0.478 e. The molecule has 0 radical (unpaired) electrons. The third kappa shape index (κ3) is 1.58. The number of ether oxygens (including phenoxy) is 1. The van der Waals surface area contributed by atoms with Gasteiger partial charge in [0, 0.05) is 0 Å². The maximum Gasteiger partial charge on any atom is 0.267 e. The molecule has 0 aliphatic rings. The predicted octanol–water partition coefficient (Wildman–Crippen LogP) is 1.15. The van der Waals surface area contributed by atoms with Crippen molar-refractivity contribution in [3.8, 4) is 6.19 Å². The van der Waals surface area contributed by atoms with E-state index in [0.717, 1.165) is 0 Å². The van der Waals surface area contributed by atoms with Crippen molar-refractivity contribution in [3.05, 3.63) is 24.2 Å². The first-order chi connectivity index (χ1) is 5.38. The summed E-state index contributed by atoms with van der Waals surface area (Å²) in [5.74, 6) is 0.645. The standard InChI is InChI=1S/C7H6N2O2/c1-10-7(9-5-8)6-3-2-4-11-6/h2-4H,1H3/b9-7-. The van der Waals surface area contributed by atoms with Crippen LogP contribution in [0.25, 0.3) is 0 Å². The molecule has 4 heteroatoms. The lowest BCUT2D eigenvalue weighted by Crippen LogP contribution is -2.00. The Hall–Kier alpha value is -1.76. The highest BCUT2D eigenvalue weighted by molar-refractivity contribution is 5.91. The van der Waals surface area contributed by atoms with Gasteiger partial charge in [0.15, 0.2) is 5.76 Å². The Morgan fingerprint density at radius 2 is 2.64 bits per heavy atom. The van der Waals surface area contributed by atoms with Crippen molar-refractivity contribution in [1.29, 1.82) is 5.26 Å². The number of nitriles is 1. The Morgan fingerprint density at radius 3 is 3.09 bits per heavy atom. The molecule has 1 aromatic rings. The molecule has 0 saturated carbocycles. The molecule has 0 N–H and O–H groups in total. The highest BCUT2D eigenvalue weighted by atomic mass is 16.5. The molecule has 0 aromatic carbocycles. The zero-order valence-corrected chi connectivity index (χ0v) is 5.94. The molecule has 0 fully saturated rings. The lowest BCUT2D eigenvalue weighted by Gasteiger charge is -1.95. The van der Waals surface area contributed by atoms with E-state index in [2.05, 4.69) is 4.99 Å². The Labute approximate surface area is 63.7 Å². The van der Waals surface area contributed by atoms with Gasteiger partial charge in [0.1, 0.15) is 0 Å². The van der Waals surface area contributed by atoms with Crippen LogP contribution < -0.4 is 0 Å². The van der Waals surface area contributed by atoms with E-state index in [9.17, 15) is 0 Å². The quantitative estimate of drug-likeness (QED) is 0.343. The molecule has 0 amide bonds. The molecule has 0 aliphatic heterocycles. The van der Waals surface area contributed by atoms with E-state index in [1.807, 2.05) is 0 Å². The van der Waals surface area contributed by atoms with E-state index in [0.29, 0.717) is 5.76 Å². The molecular weight excluding hydrogens is 144 g/mol. The maximum atomic E-state index is 8.21. The van der Waals surface area contributed by atoms with Crippen LogP contribution in [0.2, 0.25) is 0 Å². The van der Waals surface area contributed by atoms with Crippen molar-refractivity contribution >= 4 is 5.90 Å². The van der Waals surface area contributed by atoms with Crippen LogP contribution in [0.3, 0.4) is 0 Å². The van der Waals surface area contributed by atoms with Gasteiger partial charge >= 0.3 is 0 Å². The summed E-state index contributed by atoms with van der Waals surface area (Å²) in [5, 5.41) is 8.21. The molecule has 4 nitrogen and oxygen atoms in total. The summed E-state index contributed by atoms with van der Waals surface area (Å²) < 4.78 is 9.70. The number of methoxy groups -OCH3 is 1. The predicted molar refractivity (Wildman–Crippen MR) is 37.9 cm³/mol. The number of rotatable bonds is 1. The van der Waals surface area contributed by atoms with Crippen molar-refractivity contribution in [2.24, 2.45) is 4.99 Å². The summed E-state index contributed by atoms with van der Waals surface area (Å²) >= 11 is 0. The topological polar surface area (TPSA) is 58.5 Å². The SMILES string of the molecule is CO/C(=N\C#N)c1ccco1. The van der Waals surface area contributed by atoms with Gasteiger partial charge in [0.2, 0.25) is 6.19 Å². The van der Waals surface area contributed by atoms with Gasteiger partial charge in [-0.1, -0.05) is 0 Å². The lowest BCUT2D eigenvalue weighted by molar-refractivity contribution is 0.388. The number of hydrogen-bond acceptors (Lipinski definition) is 4. The van der Waals surface area contributed by atoms with Gasteiger partial charge in [-0.15, -0.1) is 4.99 Å². The van der Waals surface area contributed by atoms with Crippen LogP contribution in [-0.2, 0) is 4.74 Å². The molecular formula is C7H6N2O2. The highest BCUT2D eigenvalue weighted by Gasteiger charge is 2.04. The Kier molecular flexibility index (Phi) is 2.28. The number of furan rings is 1. The van der Waals surface area contributed by atoms with Crippen molar-refractivity contribution in [3.63, 3.8) is 0 Å². The second-order valence-corrected chi connectivity index (χ2v) is 1.70. The van der Waals surface area contributed by atoms with Crippen LogP contribution in [0, 0.1) is 11.5 Å². The van der Waals surface area contributed by atoms with Gasteiger partial charge in [0.25, 0.3) is 5.90 Å². The zero-order chi connectivity index (χ0) is 8.10. The molecule has 0 bridgehead atoms. The van der Waals surface area contributed by atoms with Gasteiger partial charge < -0.3 is 9.15 Å². The van der Waals surface area contributed by atoms with Crippen LogP contribution in [0.5, 0.6) is 0 Å². The minimum atomic E-state index is 0.192. The van der Waals surface area contributed by atoms with Crippen LogP contribution in [0.1, 0.15) is 5.76 Å². The summed E-state index contributed by atoms with van der Waals surface area (Å²) in [6.07, 6.45) is 3.10. The van der Waals surface area contributed by atoms with Crippen LogP contribution in [0.4, 0.5) is 0 Å². The molecule has 0 aliphatic carbocycles. The smallest absolute Gasteiger partial charge is 0.267 e. The molecule has 1 heterocycles. The second kappa shape index (κ2) is 3.42. The summed E-state index contributed by atoms with van der Waals surface area (Å²) in [5.41, 5.74) is 0. The average Bonchev–Trinajstić information content (AvgIpc) is 2.52. The van der Waals surface area contributed by atoms with E-state index < -0.39 is 0 Å². The second-order valence-electron chi connectivity index (χ2n) is 1.70. The minimum absolute atomic E-state index is 0.192. The number of nitrogens with zero attached hydrogens (tertiary/aromatic N) is 2. The first kappa shape index (κ1) is 7.35. The van der Waals surface area contributed by atoms with Crippen molar-refractivity contribution in [2.75, 3.05) is 7.11 Å².